The van der Waals surface area contributed by atoms with Crippen molar-refractivity contribution in [1.29, 1.82) is 0 Å². The van der Waals surface area contributed by atoms with Crippen LogP contribution in [0.4, 0.5) is 0 Å². The fraction of sp³-hybridized carbons (Fsp3) is 0.462. The fourth-order valence-corrected chi connectivity index (χ4v) is 6.88. The van der Waals surface area contributed by atoms with Crippen LogP contribution in [0.3, 0.4) is 0 Å². The summed E-state index contributed by atoms with van der Waals surface area (Å²) in [5.41, 5.74) is 4.73. The van der Waals surface area contributed by atoms with Gasteiger partial charge in [-0.15, -0.1) is 11.3 Å². The topological polar surface area (TPSA) is 89.0 Å². The number of halogens is 1. The SMILES string of the molecule is Cc1cc(Cl)cc(-c2ncnc3cc(CN4C(=O)C5CC5C4=O)sc23)c1CC1C[NH2+]CC(C)(C)O1. The fourth-order valence-electron chi connectivity index (χ4n) is 5.51. The highest BCUT2D eigenvalue weighted by Gasteiger charge is 2.58. The lowest BCUT2D eigenvalue weighted by molar-refractivity contribution is -0.691. The number of aryl methyl sites for hydroxylation is 1. The van der Waals surface area contributed by atoms with Gasteiger partial charge in [-0.3, -0.25) is 14.5 Å². The summed E-state index contributed by atoms with van der Waals surface area (Å²) in [5.74, 6) is -0.255. The first-order valence-electron chi connectivity index (χ1n) is 12.1. The van der Waals surface area contributed by atoms with E-state index in [9.17, 15) is 9.59 Å². The molecule has 2 N–H and O–H groups in total. The summed E-state index contributed by atoms with van der Waals surface area (Å²) in [6.07, 6.45) is 3.14. The van der Waals surface area contributed by atoms with Gasteiger partial charge in [0.15, 0.2) is 0 Å². The summed E-state index contributed by atoms with van der Waals surface area (Å²) < 4.78 is 7.32. The van der Waals surface area contributed by atoms with E-state index in [-0.39, 0.29) is 35.4 Å². The van der Waals surface area contributed by atoms with Gasteiger partial charge in [-0.25, -0.2) is 9.97 Å². The van der Waals surface area contributed by atoms with Gasteiger partial charge in [0.1, 0.15) is 31.1 Å². The zero-order chi connectivity index (χ0) is 24.5. The quantitative estimate of drug-likeness (QED) is 0.532. The van der Waals surface area contributed by atoms with Gasteiger partial charge in [0.05, 0.1) is 34.3 Å². The summed E-state index contributed by atoms with van der Waals surface area (Å²) in [6, 6.07) is 5.94. The standard InChI is InChI=1S/C26H27ClN4O3S/c1-13-4-14(27)5-18(17(13)6-15-9-28-11-26(2,3)34-15)22-23-21(29-12-30-22)7-16(35-23)10-31-24(32)19-8-20(19)25(31)33/h4-5,7,12,15,19-20,28H,6,8-11H2,1-3H3/p+1. The molecule has 0 spiro atoms. The number of nitrogens with two attached hydrogens (primary N) is 1. The lowest BCUT2D eigenvalue weighted by Gasteiger charge is -2.34. The molecule has 182 valence electrons. The number of fused-ring (bicyclic) bond motifs is 2. The van der Waals surface area contributed by atoms with Crippen LogP contribution >= 0.6 is 22.9 Å². The first kappa shape index (κ1) is 23.0. The van der Waals surface area contributed by atoms with Gasteiger partial charge < -0.3 is 10.1 Å². The Balaban J connectivity index is 1.37. The second-order valence-electron chi connectivity index (χ2n) is 10.5. The molecule has 35 heavy (non-hydrogen) atoms. The highest BCUT2D eigenvalue weighted by atomic mass is 35.5. The van der Waals surface area contributed by atoms with Crippen molar-refractivity contribution in [1.82, 2.24) is 14.9 Å². The van der Waals surface area contributed by atoms with Crippen LogP contribution in [0.25, 0.3) is 21.5 Å². The van der Waals surface area contributed by atoms with Crippen molar-refractivity contribution in [2.45, 2.75) is 51.9 Å². The lowest BCUT2D eigenvalue weighted by atomic mass is 9.93. The predicted molar refractivity (Wildman–Crippen MR) is 134 cm³/mol. The molecule has 1 aliphatic carbocycles. The molecule has 2 aromatic heterocycles. The van der Waals surface area contributed by atoms with Gasteiger partial charge in [0.25, 0.3) is 0 Å². The zero-order valence-electron chi connectivity index (χ0n) is 20.0. The third kappa shape index (κ3) is 4.16. The number of piperidine rings is 1. The molecule has 2 aliphatic heterocycles. The molecule has 7 nitrogen and oxygen atoms in total. The molecule has 0 bridgehead atoms. The number of benzene rings is 1. The van der Waals surface area contributed by atoms with E-state index in [0.29, 0.717) is 18.0 Å². The number of nitrogens with zero attached hydrogens (tertiary/aromatic N) is 3. The molecule has 3 aliphatic rings. The molecule has 1 aromatic carbocycles. The van der Waals surface area contributed by atoms with E-state index in [2.05, 4.69) is 36.1 Å². The molecule has 3 unspecified atom stereocenters. The predicted octanol–water partition coefficient (Wildman–Crippen LogP) is 3.11. The van der Waals surface area contributed by atoms with Crippen molar-refractivity contribution >= 4 is 45.0 Å². The number of carbonyl (C=O) groups is 2. The van der Waals surface area contributed by atoms with Crippen LogP contribution in [0.5, 0.6) is 0 Å². The first-order chi connectivity index (χ1) is 16.7. The van der Waals surface area contributed by atoms with Gasteiger partial charge in [0.2, 0.25) is 11.8 Å². The Labute approximate surface area is 212 Å². The van der Waals surface area contributed by atoms with Gasteiger partial charge >= 0.3 is 0 Å². The molecule has 3 atom stereocenters. The Kier molecular flexibility index (Phi) is 5.49. The smallest absolute Gasteiger partial charge is 0.233 e. The van der Waals surface area contributed by atoms with Crippen molar-refractivity contribution in [3.05, 3.63) is 45.6 Å². The molecule has 1 saturated carbocycles. The van der Waals surface area contributed by atoms with Crippen molar-refractivity contribution in [3.63, 3.8) is 0 Å². The Morgan fingerprint density at radius 2 is 1.97 bits per heavy atom. The van der Waals surface area contributed by atoms with E-state index in [1.807, 2.05) is 18.2 Å². The molecular formula is C26H28ClN4O3S+. The maximum absolute atomic E-state index is 12.5. The second kappa shape index (κ2) is 8.34. The first-order valence-corrected chi connectivity index (χ1v) is 13.3. The average Bonchev–Trinajstić information content (AvgIpc) is 3.43. The van der Waals surface area contributed by atoms with E-state index in [4.69, 9.17) is 16.3 Å². The Bertz CT molecular complexity index is 1350. The Hall–Kier alpha value is -2.39. The third-order valence-electron chi connectivity index (χ3n) is 7.31. The average molecular weight is 512 g/mol. The number of quaternary nitrogens is 1. The van der Waals surface area contributed by atoms with Crippen LogP contribution in [0, 0.1) is 18.8 Å². The molecule has 0 radical (unpaired) electrons. The number of hydrogen-bond donors (Lipinski definition) is 1. The molecule has 3 fully saturated rings. The van der Waals surface area contributed by atoms with Crippen molar-refractivity contribution < 1.29 is 19.6 Å². The minimum atomic E-state index is -0.167. The number of aromatic nitrogens is 2. The van der Waals surface area contributed by atoms with Gasteiger partial charge in [-0.05, 0) is 56.5 Å². The highest BCUT2D eigenvalue weighted by molar-refractivity contribution is 7.19. The number of thiophene rings is 1. The van der Waals surface area contributed by atoms with E-state index >= 15 is 0 Å². The van der Waals surface area contributed by atoms with Crippen LogP contribution < -0.4 is 5.32 Å². The van der Waals surface area contributed by atoms with E-state index in [1.165, 1.54) is 10.5 Å². The van der Waals surface area contributed by atoms with E-state index < -0.39 is 0 Å². The maximum atomic E-state index is 12.5. The number of hydrogen-bond acceptors (Lipinski definition) is 6. The monoisotopic (exact) mass is 511 g/mol. The number of morpholine rings is 1. The van der Waals surface area contributed by atoms with Crippen molar-refractivity contribution in [2.24, 2.45) is 11.8 Å². The molecule has 2 saturated heterocycles. The van der Waals surface area contributed by atoms with Crippen LogP contribution in [-0.4, -0.2) is 51.5 Å². The van der Waals surface area contributed by atoms with Gasteiger partial charge in [-0.2, -0.15) is 0 Å². The number of rotatable bonds is 5. The summed E-state index contributed by atoms with van der Waals surface area (Å²) in [7, 11) is 0. The van der Waals surface area contributed by atoms with Crippen LogP contribution in [0.15, 0.2) is 24.5 Å². The van der Waals surface area contributed by atoms with Crippen LogP contribution in [-0.2, 0) is 27.3 Å². The number of ether oxygens (including phenoxy) is 1. The van der Waals surface area contributed by atoms with Crippen molar-refractivity contribution in [3.8, 4) is 11.3 Å². The molecule has 3 aromatic rings. The van der Waals surface area contributed by atoms with Gasteiger partial charge in [0, 0.05) is 21.9 Å². The molecular weight excluding hydrogens is 484 g/mol. The summed E-state index contributed by atoms with van der Waals surface area (Å²) >= 11 is 8.06. The number of likely N-dealkylation sites (tertiary alicyclic amines) is 1. The number of imide groups is 1. The molecule has 2 amide bonds. The zero-order valence-corrected chi connectivity index (χ0v) is 21.6. The highest BCUT2D eigenvalue weighted by Crippen LogP contribution is 2.48. The summed E-state index contributed by atoms with van der Waals surface area (Å²) in [5, 5.41) is 2.98. The van der Waals surface area contributed by atoms with Gasteiger partial charge in [-0.1, -0.05) is 11.6 Å². The van der Waals surface area contributed by atoms with E-state index in [0.717, 1.165) is 51.4 Å². The maximum Gasteiger partial charge on any atom is 0.233 e. The van der Waals surface area contributed by atoms with Crippen LogP contribution in [0.1, 0.15) is 36.3 Å². The van der Waals surface area contributed by atoms with Crippen molar-refractivity contribution in [2.75, 3.05) is 13.1 Å². The normalized spacial score (nSPS) is 25.4. The largest absolute Gasteiger partial charge is 0.360 e. The molecule has 9 heteroatoms. The minimum Gasteiger partial charge on any atom is -0.360 e. The number of amides is 2. The molecule has 4 heterocycles. The lowest BCUT2D eigenvalue weighted by Crippen LogP contribution is -2.93. The molecule has 6 rings (SSSR count). The summed E-state index contributed by atoms with van der Waals surface area (Å²) in [4.78, 5) is 36.4. The second-order valence-corrected chi connectivity index (χ2v) is 12.1. The number of carbonyl (C=O) groups excluding carboxylic acids is 2. The van der Waals surface area contributed by atoms with E-state index in [1.54, 1.807) is 17.7 Å². The summed E-state index contributed by atoms with van der Waals surface area (Å²) in [6.45, 7) is 8.50. The minimum absolute atomic E-state index is 0.0382. The Morgan fingerprint density at radius 3 is 2.71 bits per heavy atom. The van der Waals surface area contributed by atoms with Crippen LogP contribution in [0.2, 0.25) is 5.02 Å². The Morgan fingerprint density at radius 1 is 1.20 bits per heavy atom. The third-order valence-corrected chi connectivity index (χ3v) is 8.64.